The first kappa shape index (κ1) is 19.6. The summed E-state index contributed by atoms with van der Waals surface area (Å²) in [5, 5.41) is 11.9. The molecule has 2 aromatic heterocycles. The fraction of sp³-hybridized carbons (Fsp3) is 0.130. The van der Waals surface area contributed by atoms with Gasteiger partial charge in [0.1, 0.15) is 5.82 Å². The van der Waals surface area contributed by atoms with E-state index >= 15 is 0 Å². The smallest absolute Gasteiger partial charge is 0.192 e. The van der Waals surface area contributed by atoms with E-state index in [2.05, 4.69) is 57.9 Å². The molecule has 0 radical (unpaired) electrons. The zero-order valence-electron chi connectivity index (χ0n) is 16.0. The van der Waals surface area contributed by atoms with Gasteiger partial charge in [-0.15, -0.1) is 28.1 Å². The Bertz CT molecular complexity index is 1110. The molecule has 29 heavy (non-hydrogen) atoms. The van der Waals surface area contributed by atoms with Crippen LogP contribution in [0.15, 0.2) is 77.8 Å². The molecule has 0 saturated carbocycles. The minimum absolute atomic E-state index is 0.225. The van der Waals surface area contributed by atoms with E-state index < -0.39 is 0 Å². The minimum atomic E-state index is -0.225. The number of hydrogen-bond donors (Lipinski definition) is 0. The molecule has 0 saturated heterocycles. The van der Waals surface area contributed by atoms with Gasteiger partial charge in [0.15, 0.2) is 11.0 Å². The first-order valence-electron chi connectivity index (χ1n) is 9.22. The molecular weight excluding hydrogens is 401 g/mol. The first-order chi connectivity index (χ1) is 14.2. The van der Waals surface area contributed by atoms with Crippen molar-refractivity contribution in [2.45, 2.75) is 24.4 Å². The average molecular weight is 422 g/mol. The molecule has 0 spiro atoms. The van der Waals surface area contributed by atoms with Crippen LogP contribution in [0.5, 0.6) is 0 Å². The Morgan fingerprint density at radius 2 is 1.86 bits per heavy atom. The summed E-state index contributed by atoms with van der Waals surface area (Å²) in [4.78, 5) is 1.25. The lowest BCUT2D eigenvalue weighted by Gasteiger charge is -2.09. The Labute approximate surface area is 177 Å². The van der Waals surface area contributed by atoms with Gasteiger partial charge >= 0.3 is 0 Å². The van der Waals surface area contributed by atoms with E-state index in [0.29, 0.717) is 12.3 Å². The van der Waals surface area contributed by atoms with Crippen molar-refractivity contribution in [1.29, 1.82) is 0 Å². The van der Waals surface area contributed by atoms with Crippen molar-refractivity contribution in [3.63, 3.8) is 0 Å². The molecule has 3 nitrogen and oxygen atoms in total. The van der Waals surface area contributed by atoms with E-state index in [1.54, 1.807) is 35.2 Å². The Balaban J connectivity index is 1.69. The standard InChI is InChI=1S/C23H20FN3S2/c1-3-13-27-22(20-15-28-16(2)21(20)18-7-5-4-6-8-18)25-26-23(27)29-14-17-9-11-19(24)12-10-17/h3-12,15H,1,13-14H2,2H3. The zero-order valence-corrected chi connectivity index (χ0v) is 17.6. The molecule has 0 unspecified atom stereocenters. The summed E-state index contributed by atoms with van der Waals surface area (Å²) in [6, 6.07) is 16.9. The summed E-state index contributed by atoms with van der Waals surface area (Å²) in [5.74, 6) is 1.32. The van der Waals surface area contributed by atoms with Gasteiger partial charge in [-0.3, -0.25) is 4.57 Å². The second-order valence-corrected chi connectivity index (χ2v) is 8.59. The summed E-state index contributed by atoms with van der Waals surface area (Å²) >= 11 is 3.31. The highest BCUT2D eigenvalue weighted by molar-refractivity contribution is 7.98. The van der Waals surface area contributed by atoms with Crippen molar-refractivity contribution in [3.8, 4) is 22.5 Å². The van der Waals surface area contributed by atoms with Crippen LogP contribution in [0.1, 0.15) is 10.4 Å². The number of rotatable bonds is 7. The lowest BCUT2D eigenvalue weighted by Crippen LogP contribution is -2.01. The van der Waals surface area contributed by atoms with Gasteiger partial charge in [0.2, 0.25) is 0 Å². The Morgan fingerprint density at radius 1 is 1.10 bits per heavy atom. The molecule has 2 aromatic carbocycles. The first-order valence-corrected chi connectivity index (χ1v) is 11.1. The molecule has 0 amide bonds. The average Bonchev–Trinajstić information content (AvgIpc) is 3.31. The molecule has 0 aliphatic heterocycles. The largest absolute Gasteiger partial charge is 0.298 e. The molecule has 0 bridgehead atoms. The third-order valence-electron chi connectivity index (χ3n) is 4.59. The molecule has 0 atom stereocenters. The number of aryl methyl sites for hydroxylation is 1. The van der Waals surface area contributed by atoms with Crippen molar-refractivity contribution in [2.75, 3.05) is 0 Å². The van der Waals surface area contributed by atoms with Crippen molar-refractivity contribution in [3.05, 3.63) is 88.9 Å². The van der Waals surface area contributed by atoms with Crippen molar-refractivity contribution >= 4 is 23.1 Å². The van der Waals surface area contributed by atoms with E-state index in [-0.39, 0.29) is 5.82 Å². The number of thiophene rings is 1. The molecule has 2 heterocycles. The predicted octanol–water partition coefficient (Wildman–Crippen LogP) is 6.60. The highest BCUT2D eigenvalue weighted by Crippen LogP contribution is 2.39. The van der Waals surface area contributed by atoms with Crippen molar-refractivity contribution in [2.24, 2.45) is 0 Å². The number of hydrogen-bond acceptors (Lipinski definition) is 4. The second-order valence-electron chi connectivity index (χ2n) is 6.57. The number of benzene rings is 2. The fourth-order valence-electron chi connectivity index (χ4n) is 3.20. The summed E-state index contributed by atoms with van der Waals surface area (Å²) in [6.45, 7) is 6.66. The molecule has 6 heteroatoms. The van der Waals surface area contributed by atoms with Gasteiger partial charge in [-0.05, 0) is 30.2 Å². The van der Waals surface area contributed by atoms with Gasteiger partial charge in [-0.25, -0.2) is 4.39 Å². The van der Waals surface area contributed by atoms with Crippen LogP contribution in [0.25, 0.3) is 22.5 Å². The number of halogens is 1. The Morgan fingerprint density at radius 3 is 2.59 bits per heavy atom. The lowest BCUT2D eigenvalue weighted by molar-refractivity contribution is 0.627. The van der Waals surface area contributed by atoms with E-state index in [1.165, 1.54) is 28.1 Å². The maximum absolute atomic E-state index is 13.1. The molecule has 4 rings (SSSR count). The maximum atomic E-state index is 13.1. The number of allylic oxidation sites excluding steroid dienone is 1. The monoisotopic (exact) mass is 421 g/mol. The fourth-order valence-corrected chi connectivity index (χ4v) is 4.97. The van der Waals surface area contributed by atoms with E-state index in [9.17, 15) is 4.39 Å². The molecule has 4 aromatic rings. The van der Waals surface area contributed by atoms with E-state index in [0.717, 1.165) is 22.1 Å². The molecule has 0 aliphatic carbocycles. The van der Waals surface area contributed by atoms with Crippen molar-refractivity contribution < 1.29 is 4.39 Å². The van der Waals surface area contributed by atoms with Crippen LogP contribution in [0.3, 0.4) is 0 Å². The van der Waals surface area contributed by atoms with Crippen LogP contribution in [0.4, 0.5) is 4.39 Å². The molecule has 0 aliphatic rings. The van der Waals surface area contributed by atoms with Crippen LogP contribution < -0.4 is 0 Å². The minimum Gasteiger partial charge on any atom is -0.298 e. The SMILES string of the molecule is C=CCn1c(SCc2ccc(F)cc2)nnc1-c1csc(C)c1-c1ccccc1. The van der Waals surface area contributed by atoms with Gasteiger partial charge in [0.05, 0.1) is 0 Å². The van der Waals surface area contributed by atoms with Gasteiger partial charge in [-0.1, -0.05) is 60.3 Å². The molecular formula is C23H20FN3S2. The summed E-state index contributed by atoms with van der Waals surface area (Å²) in [7, 11) is 0. The highest BCUT2D eigenvalue weighted by atomic mass is 32.2. The van der Waals surface area contributed by atoms with Gasteiger partial charge in [0, 0.05) is 33.7 Å². The highest BCUT2D eigenvalue weighted by Gasteiger charge is 2.20. The molecule has 146 valence electrons. The van der Waals surface area contributed by atoms with Crippen LogP contribution in [0, 0.1) is 12.7 Å². The van der Waals surface area contributed by atoms with Crippen LogP contribution in [-0.4, -0.2) is 14.8 Å². The summed E-state index contributed by atoms with van der Waals surface area (Å²) in [5.41, 5.74) is 4.50. The number of nitrogens with zero attached hydrogens (tertiary/aromatic N) is 3. The van der Waals surface area contributed by atoms with Gasteiger partial charge < -0.3 is 0 Å². The van der Waals surface area contributed by atoms with Crippen molar-refractivity contribution in [1.82, 2.24) is 14.8 Å². The number of thioether (sulfide) groups is 1. The van der Waals surface area contributed by atoms with Gasteiger partial charge in [-0.2, -0.15) is 0 Å². The quantitative estimate of drug-likeness (QED) is 0.249. The third-order valence-corrected chi connectivity index (χ3v) is 6.54. The second kappa shape index (κ2) is 8.76. The third kappa shape index (κ3) is 4.18. The van der Waals surface area contributed by atoms with Crippen LogP contribution in [-0.2, 0) is 12.3 Å². The Hall–Kier alpha value is -2.70. The van der Waals surface area contributed by atoms with Crippen LogP contribution >= 0.6 is 23.1 Å². The normalized spacial score (nSPS) is 11.0. The summed E-state index contributed by atoms with van der Waals surface area (Å²) in [6.07, 6.45) is 1.86. The van der Waals surface area contributed by atoms with Crippen LogP contribution in [0.2, 0.25) is 0 Å². The predicted molar refractivity (Wildman–Crippen MR) is 120 cm³/mol. The van der Waals surface area contributed by atoms with E-state index in [1.807, 2.05) is 12.1 Å². The van der Waals surface area contributed by atoms with Gasteiger partial charge in [0.25, 0.3) is 0 Å². The Kier molecular flexibility index (Phi) is 5.92. The maximum Gasteiger partial charge on any atom is 0.192 e. The lowest BCUT2D eigenvalue weighted by atomic mass is 10.0. The zero-order chi connectivity index (χ0) is 20.2. The summed E-state index contributed by atoms with van der Waals surface area (Å²) < 4.78 is 15.2. The van der Waals surface area contributed by atoms with E-state index in [4.69, 9.17) is 0 Å². The molecule has 0 fully saturated rings. The molecule has 0 N–H and O–H groups in total. The topological polar surface area (TPSA) is 30.7 Å². The number of aromatic nitrogens is 3.